The minimum absolute atomic E-state index is 0.486. The number of anilines is 2. The lowest BCUT2D eigenvalue weighted by Crippen LogP contribution is -2.51. The van der Waals surface area contributed by atoms with Gasteiger partial charge in [0, 0.05) is 55.3 Å². The molecule has 1 N–H and O–H groups in total. The summed E-state index contributed by atoms with van der Waals surface area (Å²) in [5.41, 5.74) is 3.54. The Labute approximate surface area is 143 Å². The zero-order valence-electron chi connectivity index (χ0n) is 14.3. The smallest absolute Gasteiger partial charge is 0.139 e. The van der Waals surface area contributed by atoms with Gasteiger partial charge in [0.05, 0.1) is 0 Å². The molecule has 24 heavy (non-hydrogen) atoms. The third-order valence-electron chi connectivity index (χ3n) is 5.35. The van der Waals surface area contributed by atoms with Gasteiger partial charge in [-0.2, -0.15) is 0 Å². The molecule has 0 radical (unpaired) electrons. The van der Waals surface area contributed by atoms with Gasteiger partial charge >= 0.3 is 0 Å². The average molecular weight is 320 g/mol. The van der Waals surface area contributed by atoms with Crippen LogP contribution in [0.2, 0.25) is 0 Å². The lowest BCUT2D eigenvalue weighted by molar-refractivity contribution is 0.368. The van der Waals surface area contributed by atoms with Gasteiger partial charge in [-0.25, -0.2) is 4.98 Å². The molecule has 0 unspecified atom stereocenters. The summed E-state index contributed by atoms with van der Waals surface area (Å²) in [4.78, 5) is 12.6. The number of benzene rings is 1. The summed E-state index contributed by atoms with van der Waals surface area (Å²) in [5, 5.41) is 1.20. The molecule has 0 amide bonds. The van der Waals surface area contributed by atoms with Gasteiger partial charge in [0.25, 0.3) is 0 Å². The fraction of sp³-hybridized carbons (Fsp3) is 0.350. The summed E-state index contributed by atoms with van der Waals surface area (Å²) in [6.07, 6.45) is 5.08. The van der Waals surface area contributed by atoms with Gasteiger partial charge in [-0.15, -0.1) is 0 Å². The summed E-state index contributed by atoms with van der Waals surface area (Å²) in [6, 6.07) is 15.5. The number of nitrogens with one attached hydrogen (secondary N) is 1. The molecule has 124 valence electrons. The number of hydrogen-bond acceptors (Lipinski definition) is 3. The molecule has 0 bridgehead atoms. The molecule has 1 aliphatic heterocycles. The predicted octanol–water partition coefficient (Wildman–Crippen LogP) is 3.91. The molecule has 4 rings (SSSR count). The highest BCUT2D eigenvalue weighted by atomic mass is 15.2. The number of rotatable bonds is 3. The first-order valence-corrected chi connectivity index (χ1v) is 8.69. The number of hydrogen-bond donors (Lipinski definition) is 1. The highest BCUT2D eigenvalue weighted by Gasteiger charge is 2.30. The highest BCUT2D eigenvalue weighted by Crippen LogP contribution is 2.31. The Morgan fingerprint density at radius 2 is 2.00 bits per heavy atom. The van der Waals surface area contributed by atoms with E-state index in [1.165, 1.54) is 23.2 Å². The van der Waals surface area contributed by atoms with E-state index in [0.29, 0.717) is 12.0 Å². The fourth-order valence-corrected chi connectivity index (χ4v) is 3.86. The van der Waals surface area contributed by atoms with E-state index in [4.69, 9.17) is 0 Å². The van der Waals surface area contributed by atoms with E-state index in [2.05, 4.69) is 76.2 Å². The Balaban J connectivity index is 1.63. The van der Waals surface area contributed by atoms with E-state index >= 15 is 0 Å². The monoisotopic (exact) mass is 320 g/mol. The molecule has 1 fully saturated rings. The van der Waals surface area contributed by atoms with Crippen molar-refractivity contribution in [1.82, 2.24) is 9.97 Å². The first-order chi connectivity index (χ1) is 11.7. The molecule has 4 heteroatoms. The van der Waals surface area contributed by atoms with E-state index in [-0.39, 0.29) is 0 Å². The van der Waals surface area contributed by atoms with Crippen LogP contribution in [0.5, 0.6) is 0 Å². The number of aromatic nitrogens is 2. The van der Waals surface area contributed by atoms with Gasteiger partial charge in [-0.05, 0) is 36.6 Å². The van der Waals surface area contributed by atoms with Crippen molar-refractivity contribution in [1.29, 1.82) is 0 Å². The van der Waals surface area contributed by atoms with Gasteiger partial charge in [-0.3, -0.25) is 0 Å². The van der Waals surface area contributed by atoms with E-state index in [1.54, 1.807) is 0 Å². The van der Waals surface area contributed by atoms with E-state index in [9.17, 15) is 0 Å². The third kappa shape index (κ3) is 2.62. The van der Waals surface area contributed by atoms with Crippen LogP contribution in [0, 0.1) is 5.92 Å². The molecule has 1 aliphatic rings. The van der Waals surface area contributed by atoms with Gasteiger partial charge in [0.1, 0.15) is 5.65 Å². The molecular formula is C20H24N4. The van der Waals surface area contributed by atoms with Crippen LogP contribution in [-0.2, 0) is 0 Å². The first kappa shape index (κ1) is 15.1. The van der Waals surface area contributed by atoms with Crippen molar-refractivity contribution < 1.29 is 0 Å². The Morgan fingerprint density at radius 3 is 2.83 bits per heavy atom. The molecule has 0 spiro atoms. The molecule has 0 saturated carbocycles. The summed E-state index contributed by atoms with van der Waals surface area (Å²) in [7, 11) is 2.22. The number of para-hydroxylation sites is 1. The summed E-state index contributed by atoms with van der Waals surface area (Å²) in [5.74, 6) is 0.664. The standard InChI is InChI=1S/C20H24N4/c1-15-10-13-24(16-6-4-3-5-7-16)14-19(15)23(2)18-9-12-22-20-17(18)8-11-21-20/h3-9,11-12,15,19H,10,13-14H2,1-2H3,(H,21,22)/t15-,19+/m1/s1. The molecule has 0 aliphatic carbocycles. The Kier molecular flexibility index (Phi) is 3.89. The number of fused-ring (bicyclic) bond motifs is 1. The normalized spacial score (nSPS) is 21.2. The minimum Gasteiger partial charge on any atom is -0.369 e. The van der Waals surface area contributed by atoms with Gasteiger partial charge in [0.15, 0.2) is 0 Å². The molecular weight excluding hydrogens is 296 g/mol. The van der Waals surface area contributed by atoms with Crippen molar-refractivity contribution in [3.8, 4) is 0 Å². The largest absolute Gasteiger partial charge is 0.369 e. The molecule has 3 aromatic rings. The molecule has 1 saturated heterocycles. The maximum absolute atomic E-state index is 4.42. The molecule has 3 heterocycles. The Hall–Kier alpha value is -2.49. The van der Waals surface area contributed by atoms with Crippen LogP contribution in [0.3, 0.4) is 0 Å². The summed E-state index contributed by atoms with van der Waals surface area (Å²) < 4.78 is 0. The fourth-order valence-electron chi connectivity index (χ4n) is 3.86. The van der Waals surface area contributed by atoms with Crippen LogP contribution in [-0.4, -0.2) is 36.1 Å². The van der Waals surface area contributed by atoms with Crippen molar-refractivity contribution in [3.05, 3.63) is 54.9 Å². The van der Waals surface area contributed by atoms with Crippen LogP contribution in [0.25, 0.3) is 11.0 Å². The van der Waals surface area contributed by atoms with Crippen LogP contribution in [0.15, 0.2) is 54.9 Å². The van der Waals surface area contributed by atoms with Crippen LogP contribution >= 0.6 is 0 Å². The Bertz CT molecular complexity index is 811. The van der Waals surface area contributed by atoms with Gasteiger partial charge in [-0.1, -0.05) is 25.1 Å². The summed E-state index contributed by atoms with van der Waals surface area (Å²) >= 11 is 0. The van der Waals surface area contributed by atoms with Crippen molar-refractivity contribution in [2.75, 3.05) is 29.9 Å². The van der Waals surface area contributed by atoms with E-state index in [0.717, 1.165) is 18.7 Å². The number of nitrogens with zero attached hydrogens (tertiary/aromatic N) is 3. The molecule has 2 aromatic heterocycles. The number of H-pyrrole nitrogens is 1. The average Bonchev–Trinajstić information content (AvgIpc) is 3.11. The van der Waals surface area contributed by atoms with Crippen molar-refractivity contribution in [3.63, 3.8) is 0 Å². The third-order valence-corrected chi connectivity index (χ3v) is 5.35. The molecule has 1 aromatic carbocycles. The minimum atomic E-state index is 0.486. The number of piperidine rings is 1. The van der Waals surface area contributed by atoms with Crippen LogP contribution in [0.1, 0.15) is 13.3 Å². The highest BCUT2D eigenvalue weighted by molar-refractivity contribution is 5.89. The van der Waals surface area contributed by atoms with E-state index < -0.39 is 0 Å². The lowest BCUT2D eigenvalue weighted by Gasteiger charge is -2.43. The zero-order chi connectivity index (χ0) is 16.5. The molecule has 2 atom stereocenters. The number of aromatic amines is 1. The van der Waals surface area contributed by atoms with Crippen molar-refractivity contribution in [2.45, 2.75) is 19.4 Å². The maximum atomic E-state index is 4.42. The zero-order valence-corrected chi connectivity index (χ0v) is 14.3. The summed E-state index contributed by atoms with van der Waals surface area (Å²) in [6.45, 7) is 4.56. The lowest BCUT2D eigenvalue weighted by atomic mass is 9.91. The second-order valence-electron chi connectivity index (χ2n) is 6.80. The van der Waals surface area contributed by atoms with Gasteiger partial charge < -0.3 is 14.8 Å². The Morgan fingerprint density at radius 1 is 1.17 bits per heavy atom. The second-order valence-corrected chi connectivity index (χ2v) is 6.80. The topological polar surface area (TPSA) is 35.2 Å². The van der Waals surface area contributed by atoms with Crippen LogP contribution < -0.4 is 9.80 Å². The predicted molar refractivity (Wildman–Crippen MR) is 101 cm³/mol. The quantitative estimate of drug-likeness (QED) is 0.794. The number of likely N-dealkylation sites (N-methyl/N-ethyl adjacent to an activating group) is 1. The van der Waals surface area contributed by atoms with Gasteiger partial charge in [0.2, 0.25) is 0 Å². The van der Waals surface area contributed by atoms with Crippen LogP contribution in [0.4, 0.5) is 11.4 Å². The number of pyridine rings is 1. The first-order valence-electron chi connectivity index (χ1n) is 8.69. The maximum Gasteiger partial charge on any atom is 0.139 e. The second kappa shape index (κ2) is 6.19. The van der Waals surface area contributed by atoms with Crippen molar-refractivity contribution in [2.24, 2.45) is 5.92 Å². The molecule has 4 nitrogen and oxygen atoms in total. The van der Waals surface area contributed by atoms with E-state index in [1.807, 2.05) is 12.4 Å². The SMILES string of the molecule is C[C@@H]1CCN(c2ccccc2)C[C@@H]1N(C)c1ccnc2[nH]ccc12. The van der Waals surface area contributed by atoms with Crippen molar-refractivity contribution >= 4 is 22.4 Å².